The predicted octanol–water partition coefficient (Wildman–Crippen LogP) is 4.55. The molecule has 1 aromatic heterocycles. The van der Waals surface area contributed by atoms with Gasteiger partial charge in [-0.2, -0.15) is 5.10 Å². The van der Waals surface area contributed by atoms with Gasteiger partial charge in [0.1, 0.15) is 12.4 Å². The standard InChI is InChI=1S/C22H22ClFN4O3/c1-3-5-15-11-21(29)27-22(26-15)28-25-12-14-8-9-19(20(10-14)30-2)31-13-16-17(23)6-4-7-18(16)24/h4,6-12H,3,5,13H2,1-2H3,(H2,26,27,28,29)/b25-12+. The van der Waals surface area contributed by atoms with Gasteiger partial charge in [0.05, 0.1) is 18.3 Å². The molecule has 31 heavy (non-hydrogen) atoms. The predicted molar refractivity (Wildman–Crippen MR) is 119 cm³/mol. The molecule has 0 aliphatic rings. The summed E-state index contributed by atoms with van der Waals surface area (Å²) in [5, 5.41) is 4.40. The molecule has 0 saturated heterocycles. The van der Waals surface area contributed by atoms with E-state index in [2.05, 4.69) is 20.5 Å². The second kappa shape index (κ2) is 10.6. The maximum atomic E-state index is 13.9. The lowest BCUT2D eigenvalue weighted by molar-refractivity contribution is 0.280. The van der Waals surface area contributed by atoms with Crippen LogP contribution in [0, 0.1) is 5.82 Å². The third kappa shape index (κ3) is 6.05. The van der Waals surface area contributed by atoms with Gasteiger partial charge >= 0.3 is 0 Å². The van der Waals surface area contributed by atoms with Crippen LogP contribution < -0.4 is 20.5 Å². The Morgan fingerprint density at radius 2 is 2.10 bits per heavy atom. The van der Waals surface area contributed by atoms with Crippen LogP contribution in [0.15, 0.2) is 52.4 Å². The van der Waals surface area contributed by atoms with E-state index in [-0.39, 0.29) is 23.7 Å². The summed E-state index contributed by atoms with van der Waals surface area (Å²) in [5.74, 6) is 0.718. The number of halogens is 2. The topological polar surface area (TPSA) is 88.6 Å². The fourth-order valence-corrected chi connectivity index (χ4v) is 3.03. The molecule has 3 rings (SSSR count). The number of benzene rings is 2. The summed E-state index contributed by atoms with van der Waals surface area (Å²) in [4.78, 5) is 18.6. The van der Waals surface area contributed by atoms with Crippen molar-refractivity contribution >= 4 is 23.8 Å². The average Bonchev–Trinajstić information content (AvgIpc) is 2.74. The van der Waals surface area contributed by atoms with E-state index in [1.807, 2.05) is 6.92 Å². The van der Waals surface area contributed by atoms with E-state index in [9.17, 15) is 9.18 Å². The van der Waals surface area contributed by atoms with Crippen molar-refractivity contribution in [3.63, 3.8) is 0 Å². The molecular formula is C22H22ClFN4O3. The van der Waals surface area contributed by atoms with Crippen LogP contribution in [0.3, 0.4) is 0 Å². The number of nitrogens with one attached hydrogen (secondary N) is 2. The molecule has 0 bridgehead atoms. The molecule has 2 aromatic carbocycles. The summed E-state index contributed by atoms with van der Waals surface area (Å²) in [7, 11) is 1.51. The number of aromatic amines is 1. The van der Waals surface area contributed by atoms with Gasteiger partial charge in [-0.15, -0.1) is 0 Å². The fraction of sp³-hybridized carbons (Fsp3) is 0.227. The molecule has 2 N–H and O–H groups in total. The van der Waals surface area contributed by atoms with Crippen molar-refractivity contribution in [1.29, 1.82) is 0 Å². The van der Waals surface area contributed by atoms with Crippen LogP contribution in [0.25, 0.3) is 0 Å². The van der Waals surface area contributed by atoms with Crippen LogP contribution in [0.1, 0.15) is 30.2 Å². The highest BCUT2D eigenvalue weighted by molar-refractivity contribution is 6.31. The molecule has 1 heterocycles. The molecule has 0 aliphatic carbocycles. The van der Waals surface area contributed by atoms with Crippen LogP contribution in [0.5, 0.6) is 11.5 Å². The Labute approximate surface area is 183 Å². The van der Waals surface area contributed by atoms with Crippen molar-refractivity contribution in [2.45, 2.75) is 26.4 Å². The molecule has 0 unspecified atom stereocenters. The quantitative estimate of drug-likeness (QED) is 0.373. The zero-order valence-corrected chi connectivity index (χ0v) is 17.9. The van der Waals surface area contributed by atoms with Crippen molar-refractivity contribution in [3.8, 4) is 11.5 Å². The zero-order valence-electron chi connectivity index (χ0n) is 17.1. The molecule has 9 heteroatoms. The van der Waals surface area contributed by atoms with Gasteiger partial charge < -0.3 is 9.47 Å². The van der Waals surface area contributed by atoms with E-state index < -0.39 is 5.82 Å². The first-order chi connectivity index (χ1) is 15.0. The molecule has 162 valence electrons. The first-order valence-corrected chi connectivity index (χ1v) is 10.0. The Hall–Kier alpha value is -3.39. The molecule has 0 saturated carbocycles. The van der Waals surface area contributed by atoms with Gasteiger partial charge in [0, 0.05) is 17.3 Å². The second-order valence-corrected chi connectivity index (χ2v) is 7.01. The van der Waals surface area contributed by atoms with Crippen LogP contribution in [-0.2, 0) is 13.0 Å². The number of rotatable bonds is 9. The molecule has 0 aliphatic heterocycles. The van der Waals surface area contributed by atoms with Crippen LogP contribution in [-0.4, -0.2) is 23.3 Å². The van der Waals surface area contributed by atoms with E-state index in [0.717, 1.165) is 6.42 Å². The summed E-state index contributed by atoms with van der Waals surface area (Å²) in [6.45, 7) is 1.98. The number of hydrogen-bond donors (Lipinski definition) is 2. The molecule has 0 amide bonds. The lowest BCUT2D eigenvalue weighted by atomic mass is 10.2. The van der Waals surface area contributed by atoms with Gasteiger partial charge in [0.15, 0.2) is 11.5 Å². The lowest BCUT2D eigenvalue weighted by Gasteiger charge is -2.12. The number of hydrazone groups is 1. The highest BCUT2D eigenvalue weighted by atomic mass is 35.5. The summed E-state index contributed by atoms with van der Waals surface area (Å²) in [6, 6.07) is 11.1. The van der Waals surface area contributed by atoms with Crippen LogP contribution in [0.4, 0.5) is 10.3 Å². The van der Waals surface area contributed by atoms with E-state index in [4.69, 9.17) is 21.1 Å². The molecule has 0 fully saturated rings. The van der Waals surface area contributed by atoms with Crippen LogP contribution >= 0.6 is 11.6 Å². The lowest BCUT2D eigenvalue weighted by Crippen LogP contribution is -2.12. The number of aromatic nitrogens is 2. The molecule has 3 aromatic rings. The highest BCUT2D eigenvalue weighted by Crippen LogP contribution is 2.29. The molecule has 0 atom stereocenters. The van der Waals surface area contributed by atoms with Gasteiger partial charge in [-0.25, -0.2) is 14.8 Å². The Balaban J connectivity index is 1.69. The SMILES string of the molecule is CCCc1cc(=O)[nH]c(N/N=C/c2ccc(OCc3c(F)cccc3Cl)c(OC)c2)n1. The third-order valence-corrected chi connectivity index (χ3v) is 4.66. The first kappa shape index (κ1) is 22.3. The summed E-state index contributed by atoms with van der Waals surface area (Å²) < 4.78 is 25.0. The first-order valence-electron chi connectivity index (χ1n) is 9.63. The van der Waals surface area contributed by atoms with Gasteiger partial charge in [-0.05, 0) is 42.3 Å². The fourth-order valence-electron chi connectivity index (χ4n) is 2.82. The van der Waals surface area contributed by atoms with E-state index >= 15 is 0 Å². The van der Waals surface area contributed by atoms with E-state index in [1.165, 1.54) is 25.3 Å². The van der Waals surface area contributed by atoms with Gasteiger partial charge in [-0.1, -0.05) is 31.0 Å². The minimum atomic E-state index is -0.434. The molecule has 0 radical (unpaired) electrons. The number of ether oxygens (including phenoxy) is 2. The van der Waals surface area contributed by atoms with Crippen molar-refractivity contribution in [1.82, 2.24) is 9.97 Å². The molecule has 0 spiro atoms. The normalized spacial score (nSPS) is 11.0. The summed E-state index contributed by atoms with van der Waals surface area (Å²) >= 11 is 6.04. The summed E-state index contributed by atoms with van der Waals surface area (Å²) in [5.41, 5.74) is 4.16. The number of anilines is 1. The number of methoxy groups -OCH3 is 1. The Morgan fingerprint density at radius 1 is 1.26 bits per heavy atom. The monoisotopic (exact) mass is 444 g/mol. The number of aryl methyl sites for hydroxylation is 1. The van der Waals surface area contributed by atoms with Gasteiger partial charge in [0.25, 0.3) is 5.56 Å². The third-order valence-electron chi connectivity index (χ3n) is 4.31. The smallest absolute Gasteiger partial charge is 0.252 e. The largest absolute Gasteiger partial charge is 0.493 e. The van der Waals surface area contributed by atoms with E-state index in [0.29, 0.717) is 34.2 Å². The van der Waals surface area contributed by atoms with Gasteiger partial charge in [0.2, 0.25) is 5.95 Å². The minimum Gasteiger partial charge on any atom is -0.493 e. The number of nitrogens with zero attached hydrogens (tertiary/aromatic N) is 2. The van der Waals surface area contributed by atoms with E-state index in [1.54, 1.807) is 30.5 Å². The minimum absolute atomic E-state index is 0.0377. The second-order valence-electron chi connectivity index (χ2n) is 6.60. The van der Waals surface area contributed by atoms with Crippen molar-refractivity contribution in [3.05, 3.63) is 80.5 Å². The number of H-pyrrole nitrogens is 1. The summed E-state index contributed by atoms with van der Waals surface area (Å²) in [6.07, 6.45) is 3.14. The average molecular weight is 445 g/mol. The Morgan fingerprint density at radius 3 is 2.84 bits per heavy atom. The molecular weight excluding hydrogens is 423 g/mol. The van der Waals surface area contributed by atoms with Crippen molar-refractivity contribution < 1.29 is 13.9 Å². The Bertz CT molecular complexity index is 1110. The van der Waals surface area contributed by atoms with Crippen LogP contribution in [0.2, 0.25) is 5.02 Å². The molecule has 7 nitrogen and oxygen atoms in total. The maximum Gasteiger partial charge on any atom is 0.252 e. The van der Waals surface area contributed by atoms with Gasteiger partial charge in [-0.3, -0.25) is 9.78 Å². The van der Waals surface area contributed by atoms with Crippen molar-refractivity contribution in [2.75, 3.05) is 12.5 Å². The highest BCUT2D eigenvalue weighted by Gasteiger charge is 2.10. The number of hydrogen-bond acceptors (Lipinski definition) is 6. The maximum absolute atomic E-state index is 13.9. The zero-order chi connectivity index (χ0) is 22.2. The Kier molecular flexibility index (Phi) is 7.61. The van der Waals surface area contributed by atoms with Crippen molar-refractivity contribution in [2.24, 2.45) is 5.10 Å².